The highest BCUT2D eigenvalue weighted by Crippen LogP contribution is 2.13. The monoisotopic (exact) mass is 274 g/mol. The number of carbonyl (C=O) groups is 1. The standard InChI is InChI=1S/C14H14N2O2S/c1-9-6-10(2)8-11(7-9)15-14(19)16-13(17)12-4-3-5-18-12/h3-8H,1-2H3,(H2,15,16,17,19). The summed E-state index contributed by atoms with van der Waals surface area (Å²) in [5.41, 5.74) is 3.10. The highest BCUT2D eigenvalue weighted by Gasteiger charge is 2.10. The summed E-state index contributed by atoms with van der Waals surface area (Å²) in [6, 6.07) is 9.20. The molecule has 5 heteroatoms. The van der Waals surface area contributed by atoms with Gasteiger partial charge in [0.25, 0.3) is 5.91 Å². The molecule has 1 aromatic carbocycles. The Morgan fingerprint density at radius 1 is 1.21 bits per heavy atom. The van der Waals surface area contributed by atoms with Gasteiger partial charge in [-0.2, -0.15) is 0 Å². The van der Waals surface area contributed by atoms with E-state index in [1.807, 2.05) is 26.0 Å². The van der Waals surface area contributed by atoms with Crippen molar-refractivity contribution >= 4 is 28.9 Å². The molecule has 0 spiro atoms. The van der Waals surface area contributed by atoms with Crippen LogP contribution in [0, 0.1) is 13.8 Å². The van der Waals surface area contributed by atoms with E-state index in [1.54, 1.807) is 12.1 Å². The van der Waals surface area contributed by atoms with Crippen molar-refractivity contribution in [2.75, 3.05) is 5.32 Å². The number of carbonyl (C=O) groups excluding carboxylic acids is 1. The number of hydrogen-bond donors (Lipinski definition) is 2. The molecular weight excluding hydrogens is 260 g/mol. The van der Waals surface area contributed by atoms with Crippen LogP contribution in [0.4, 0.5) is 5.69 Å². The summed E-state index contributed by atoms with van der Waals surface area (Å²) in [4.78, 5) is 11.7. The molecule has 1 amide bonds. The average molecular weight is 274 g/mol. The van der Waals surface area contributed by atoms with E-state index in [0.717, 1.165) is 16.8 Å². The molecule has 4 nitrogen and oxygen atoms in total. The van der Waals surface area contributed by atoms with Gasteiger partial charge in [-0.1, -0.05) is 6.07 Å². The summed E-state index contributed by atoms with van der Waals surface area (Å²) in [5, 5.41) is 5.77. The Hall–Kier alpha value is -2.14. The molecule has 0 saturated carbocycles. The van der Waals surface area contributed by atoms with Crippen molar-refractivity contribution in [1.82, 2.24) is 5.32 Å². The predicted molar refractivity (Wildman–Crippen MR) is 78.3 cm³/mol. The third-order valence-corrected chi connectivity index (χ3v) is 2.66. The lowest BCUT2D eigenvalue weighted by Gasteiger charge is -2.10. The smallest absolute Gasteiger partial charge is 0.293 e. The fourth-order valence-corrected chi connectivity index (χ4v) is 1.99. The van der Waals surface area contributed by atoms with E-state index < -0.39 is 0 Å². The van der Waals surface area contributed by atoms with E-state index in [0.29, 0.717) is 0 Å². The molecule has 2 rings (SSSR count). The van der Waals surface area contributed by atoms with Crippen LogP contribution in [0.3, 0.4) is 0 Å². The number of benzene rings is 1. The number of anilines is 1. The van der Waals surface area contributed by atoms with E-state index in [2.05, 4.69) is 16.7 Å². The van der Waals surface area contributed by atoms with Gasteiger partial charge in [-0.3, -0.25) is 10.1 Å². The van der Waals surface area contributed by atoms with Gasteiger partial charge in [0, 0.05) is 5.69 Å². The van der Waals surface area contributed by atoms with Gasteiger partial charge < -0.3 is 9.73 Å². The third-order valence-electron chi connectivity index (χ3n) is 2.45. The molecule has 0 unspecified atom stereocenters. The highest BCUT2D eigenvalue weighted by molar-refractivity contribution is 7.80. The first-order valence-electron chi connectivity index (χ1n) is 5.79. The summed E-state index contributed by atoms with van der Waals surface area (Å²) in [6.45, 7) is 4.01. The molecule has 0 aliphatic rings. The average Bonchev–Trinajstić information content (AvgIpc) is 2.80. The van der Waals surface area contributed by atoms with Gasteiger partial charge in [-0.25, -0.2) is 0 Å². The van der Waals surface area contributed by atoms with Crippen LogP contribution in [0.15, 0.2) is 41.0 Å². The summed E-state index contributed by atoms with van der Waals surface area (Å²) in [7, 11) is 0. The molecule has 0 saturated heterocycles. The molecule has 1 aromatic heterocycles. The van der Waals surface area contributed by atoms with Crippen molar-refractivity contribution < 1.29 is 9.21 Å². The Labute approximate surface area is 116 Å². The topological polar surface area (TPSA) is 54.3 Å². The lowest BCUT2D eigenvalue weighted by molar-refractivity contribution is 0.0950. The second kappa shape index (κ2) is 5.67. The molecule has 19 heavy (non-hydrogen) atoms. The lowest BCUT2D eigenvalue weighted by Crippen LogP contribution is -2.33. The number of hydrogen-bond acceptors (Lipinski definition) is 3. The van der Waals surface area contributed by atoms with Gasteiger partial charge in [-0.05, 0) is 61.5 Å². The van der Waals surface area contributed by atoms with Crippen LogP contribution in [0.25, 0.3) is 0 Å². The fraction of sp³-hybridized carbons (Fsp3) is 0.143. The first-order valence-corrected chi connectivity index (χ1v) is 6.19. The minimum Gasteiger partial charge on any atom is -0.459 e. The van der Waals surface area contributed by atoms with Crippen LogP contribution in [-0.4, -0.2) is 11.0 Å². The van der Waals surface area contributed by atoms with Crippen LogP contribution in [-0.2, 0) is 0 Å². The Morgan fingerprint density at radius 2 is 1.89 bits per heavy atom. The van der Waals surface area contributed by atoms with Crippen LogP contribution >= 0.6 is 12.2 Å². The van der Waals surface area contributed by atoms with Crippen LogP contribution in [0.2, 0.25) is 0 Å². The number of thiocarbonyl (C=S) groups is 1. The number of nitrogens with one attached hydrogen (secondary N) is 2. The quantitative estimate of drug-likeness (QED) is 0.827. The zero-order valence-corrected chi connectivity index (χ0v) is 11.5. The molecule has 2 N–H and O–H groups in total. The molecular formula is C14H14N2O2S. The third kappa shape index (κ3) is 3.66. The summed E-state index contributed by atoms with van der Waals surface area (Å²) in [5.74, 6) is -0.142. The molecule has 0 aliphatic heterocycles. The maximum absolute atomic E-state index is 11.7. The van der Waals surface area contributed by atoms with Crippen LogP contribution in [0.1, 0.15) is 21.7 Å². The van der Waals surface area contributed by atoms with Gasteiger partial charge in [0.2, 0.25) is 0 Å². The zero-order chi connectivity index (χ0) is 13.8. The van der Waals surface area contributed by atoms with Crippen molar-refractivity contribution in [3.05, 3.63) is 53.5 Å². The molecule has 2 aromatic rings. The number of furan rings is 1. The van der Waals surface area contributed by atoms with Gasteiger partial charge in [0.15, 0.2) is 10.9 Å². The highest BCUT2D eigenvalue weighted by atomic mass is 32.1. The van der Waals surface area contributed by atoms with Crippen molar-refractivity contribution in [2.45, 2.75) is 13.8 Å². The van der Waals surface area contributed by atoms with Crippen molar-refractivity contribution in [1.29, 1.82) is 0 Å². The first kappa shape index (κ1) is 13.3. The summed E-state index contributed by atoms with van der Waals surface area (Å²) >= 11 is 5.09. The molecule has 0 radical (unpaired) electrons. The van der Waals surface area contributed by atoms with Crippen molar-refractivity contribution in [3.63, 3.8) is 0 Å². The maximum atomic E-state index is 11.7. The number of rotatable bonds is 2. The Balaban J connectivity index is 1.99. The van der Waals surface area contributed by atoms with Crippen LogP contribution in [0.5, 0.6) is 0 Å². The predicted octanol–water partition coefficient (Wildman–Crippen LogP) is 3.02. The first-order chi connectivity index (χ1) is 9.04. The van der Waals surface area contributed by atoms with Gasteiger partial charge in [-0.15, -0.1) is 0 Å². The van der Waals surface area contributed by atoms with E-state index in [1.165, 1.54) is 6.26 Å². The summed E-state index contributed by atoms with van der Waals surface area (Å²) < 4.78 is 4.99. The van der Waals surface area contributed by atoms with Crippen molar-refractivity contribution in [3.8, 4) is 0 Å². The van der Waals surface area contributed by atoms with Gasteiger partial charge in [0.05, 0.1) is 6.26 Å². The van der Waals surface area contributed by atoms with Crippen LogP contribution < -0.4 is 10.6 Å². The van der Waals surface area contributed by atoms with Gasteiger partial charge in [0.1, 0.15) is 0 Å². The van der Waals surface area contributed by atoms with E-state index >= 15 is 0 Å². The number of aryl methyl sites for hydroxylation is 2. The normalized spacial score (nSPS) is 10.0. The summed E-state index contributed by atoms with van der Waals surface area (Å²) in [6.07, 6.45) is 1.44. The fourth-order valence-electron chi connectivity index (χ4n) is 1.78. The molecule has 0 bridgehead atoms. The largest absolute Gasteiger partial charge is 0.459 e. The van der Waals surface area contributed by atoms with E-state index in [4.69, 9.17) is 16.6 Å². The molecule has 0 fully saturated rings. The minimum atomic E-state index is -0.369. The minimum absolute atomic E-state index is 0.226. The number of amides is 1. The van der Waals surface area contributed by atoms with Crippen molar-refractivity contribution in [2.24, 2.45) is 0 Å². The van der Waals surface area contributed by atoms with Gasteiger partial charge >= 0.3 is 0 Å². The molecule has 98 valence electrons. The van der Waals surface area contributed by atoms with E-state index in [9.17, 15) is 4.79 Å². The Kier molecular flexibility index (Phi) is 3.97. The second-order valence-electron chi connectivity index (χ2n) is 4.26. The zero-order valence-electron chi connectivity index (χ0n) is 10.7. The van der Waals surface area contributed by atoms with E-state index in [-0.39, 0.29) is 16.8 Å². The lowest BCUT2D eigenvalue weighted by atomic mass is 10.1. The SMILES string of the molecule is Cc1cc(C)cc(NC(=S)NC(=O)c2ccco2)c1. The Bertz CT molecular complexity index is 586. The molecule has 0 atom stereocenters. The maximum Gasteiger partial charge on any atom is 0.293 e. The molecule has 1 heterocycles. The molecule has 0 aliphatic carbocycles. The second-order valence-corrected chi connectivity index (χ2v) is 4.67. The Morgan fingerprint density at radius 3 is 2.47 bits per heavy atom.